The summed E-state index contributed by atoms with van der Waals surface area (Å²) in [5.74, 6) is 0.900. The van der Waals surface area contributed by atoms with Gasteiger partial charge >= 0.3 is 0 Å². The molecule has 0 bridgehead atoms. The smallest absolute Gasteiger partial charge is 0.251 e. The van der Waals surface area contributed by atoms with Crippen molar-refractivity contribution in [2.45, 2.75) is 19.4 Å². The highest BCUT2D eigenvalue weighted by Gasteiger charge is 2.29. The van der Waals surface area contributed by atoms with Crippen molar-refractivity contribution in [3.63, 3.8) is 0 Å². The van der Waals surface area contributed by atoms with E-state index in [0.717, 1.165) is 40.6 Å². The minimum atomic E-state index is -0.144. The van der Waals surface area contributed by atoms with Crippen LogP contribution in [0.1, 0.15) is 28.8 Å². The van der Waals surface area contributed by atoms with Crippen LogP contribution in [0.25, 0.3) is 10.8 Å². The van der Waals surface area contributed by atoms with Gasteiger partial charge in [-0.2, -0.15) is 0 Å². The molecule has 2 amide bonds. The van der Waals surface area contributed by atoms with Crippen LogP contribution in [0.2, 0.25) is 0 Å². The summed E-state index contributed by atoms with van der Waals surface area (Å²) in [6.07, 6.45) is 1.93. The average molecular weight is 374 g/mol. The van der Waals surface area contributed by atoms with Crippen molar-refractivity contribution in [2.75, 3.05) is 12.4 Å². The van der Waals surface area contributed by atoms with Gasteiger partial charge in [0, 0.05) is 23.7 Å². The standard InChI is InChI=1S/C23H22N2O3/c1-28-21-11-8-18-12-15(2-3-19(18)13-21)14-24-22(26)16-6-9-20(10-7-16)25-23(27)17-4-5-17/h2-3,6-13,17H,4-5,14H2,1H3,(H,24,26)(H,25,27). The Labute approximate surface area is 163 Å². The van der Waals surface area contributed by atoms with E-state index in [0.29, 0.717) is 12.1 Å². The number of ether oxygens (including phenoxy) is 1. The zero-order valence-electron chi connectivity index (χ0n) is 15.7. The lowest BCUT2D eigenvalue weighted by atomic mass is 10.1. The van der Waals surface area contributed by atoms with Gasteiger partial charge in [0.05, 0.1) is 7.11 Å². The molecule has 3 aromatic carbocycles. The van der Waals surface area contributed by atoms with Crippen molar-refractivity contribution in [3.8, 4) is 5.75 Å². The molecule has 0 unspecified atom stereocenters. The summed E-state index contributed by atoms with van der Waals surface area (Å²) in [7, 11) is 1.65. The van der Waals surface area contributed by atoms with Crippen molar-refractivity contribution in [1.82, 2.24) is 5.32 Å². The van der Waals surface area contributed by atoms with Gasteiger partial charge in [0.1, 0.15) is 5.75 Å². The zero-order valence-corrected chi connectivity index (χ0v) is 15.7. The molecule has 4 rings (SSSR count). The molecule has 1 saturated carbocycles. The van der Waals surface area contributed by atoms with Crippen LogP contribution in [0.4, 0.5) is 5.69 Å². The Morgan fingerprint density at radius 1 is 0.964 bits per heavy atom. The second-order valence-electron chi connectivity index (χ2n) is 7.07. The molecular weight excluding hydrogens is 352 g/mol. The van der Waals surface area contributed by atoms with Crippen molar-refractivity contribution in [2.24, 2.45) is 5.92 Å². The lowest BCUT2D eigenvalue weighted by Crippen LogP contribution is -2.22. The topological polar surface area (TPSA) is 67.4 Å². The fourth-order valence-electron chi connectivity index (χ4n) is 3.09. The molecule has 0 aromatic heterocycles. The molecule has 3 aromatic rings. The average Bonchev–Trinajstić information content (AvgIpc) is 3.57. The van der Waals surface area contributed by atoms with Crippen LogP contribution in [-0.4, -0.2) is 18.9 Å². The summed E-state index contributed by atoms with van der Waals surface area (Å²) in [5, 5.41) is 8.01. The zero-order chi connectivity index (χ0) is 19.5. The summed E-state index contributed by atoms with van der Waals surface area (Å²) >= 11 is 0. The highest BCUT2D eigenvalue weighted by atomic mass is 16.5. The van der Waals surface area contributed by atoms with Gasteiger partial charge in [-0.15, -0.1) is 0 Å². The van der Waals surface area contributed by atoms with Crippen molar-refractivity contribution >= 4 is 28.3 Å². The third-order valence-electron chi connectivity index (χ3n) is 4.93. The van der Waals surface area contributed by atoms with Crippen molar-refractivity contribution in [1.29, 1.82) is 0 Å². The van der Waals surface area contributed by atoms with E-state index in [1.54, 1.807) is 31.4 Å². The molecule has 0 saturated heterocycles. The Hall–Kier alpha value is -3.34. The number of hydrogen-bond acceptors (Lipinski definition) is 3. The monoisotopic (exact) mass is 374 g/mol. The highest BCUT2D eigenvalue weighted by molar-refractivity contribution is 5.96. The molecule has 0 atom stereocenters. The number of fused-ring (bicyclic) bond motifs is 1. The summed E-state index contributed by atoms with van der Waals surface area (Å²) in [6.45, 7) is 0.445. The first kappa shape index (κ1) is 18.0. The van der Waals surface area contributed by atoms with Crippen LogP contribution >= 0.6 is 0 Å². The number of amides is 2. The summed E-state index contributed by atoms with van der Waals surface area (Å²) < 4.78 is 5.24. The second kappa shape index (κ2) is 7.72. The van der Waals surface area contributed by atoms with E-state index in [4.69, 9.17) is 4.74 Å². The number of anilines is 1. The Bertz CT molecular complexity index is 1020. The van der Waals surface area contributed by atoms with Gasteiger partial charge in [0.15, 0.2) is 0 Å². The minimum Gasteiger partial charge on any atom is -0.497 e. The first-order valence-electron chi connectivity index (χ1n) is 9.38. The Balaban J connectivity index is 1.36. The van der Waals surface area contributed by atoms with Crippen LogP contribution in [0.3, 0.4) is 0 Å². The Morgan fingerprint density at radius 3 is 2.39 bits per heavy atom. The maximum Gasteiger partial charge on any atom is 0.251 e. The predicted molar refractivity (Wildman–Crippen MR) is 109 cm³/mol. The number of carbonyl (C=O) groups excluding carboxylic acids is 2. The largest absolute Gasteiger partial charge is 0.497 e. The molecule has 1 aliphatic rings. The predicted octanol–water partition coefficient (Wildman–Crippen LogP) is 4.13. The molecule has 2 N–H and O–H groups in total. The fraction of sp³-hybridized carbons (Fsp3) is 0.217. The number of methoxy groups -OCH3 is 1. The minimum absolute atomic E-state index is 0.0612. The molecule has 0 radical (unpaired) electrons. The molecule has 5 nitrogen and oxygen atoms in total. The van der Waals surface area contributed by atoms with Gasteiger partial charge in [-0.3, -0.25) is 9.59 Å². The van der Waals surface area contributed by atoms with Gasteiger partial charge in [-0.1, -0.05) is 18.2 Å². The van der Waals surface area contributed by atoms with Gasteiger partial charge in [0.2, 0.25) is 5.91 Å². The quantitative estimate of drug-likeness (QED) is 0.682. The summed E-state index contributed by atoms with van der Waals surface area (Å²) in [5.41, 5.74) is 2.31. The third kappa shape index (κ3) is 4.14. The number of carbonyl (C=O) groups is 2. The molecule has 1 aliphatic carbocycles. The Morgan fingerprint density at radius 2 is 1.68 bits per heavy atom. The van der Waals surface area contributed by atoms with E-state index >= 15 is 0 Å². The molecule has 28 heavy (non-hydrogen) atoms. The number of hydrogen-bond donors (Lipinski definition) is 2. The molecule has 1 fully saturated rings. The normalized spacial score (nSPS) is 13.2. The lowest BCUT2D eigenvalue weighted by Gasteiger charge is -2.09. The van der Waals surface area contributed by atoms with Crippen LogP contribution < -0.4 is 15.4 Å². The van der Waals surface area contributed by atoms with E-state index in [1.807, 2.05) is 30.3 Å². The first-order valence-corrected chi connectivity index (χ1v) is 9.38. The van der Waals surface area contributed by atoms with E-state index in [-0.39, 0.29) is 17.7 Å². The van der Waals surface area contributed by atoms with E-state index < -0.39 is 0 Å². The van der Waals surface area contributed by atoms with E-state index in [2.05, 4.69) is 16.7 Å². The fourth-order valence-corrected chi connectivity index (χ4v) is 3.09. The lowest BCUT2D eigenvalue weighted by molar-refractivity contribution is -0.117. The van der Waals surface area contributed by atoms with E-state index in [1.165, 1.54) is 0 Å². The number of nitrogens with one attached hydrogen (secondary N) is 2. The Kier molecular flexibility index (Phi) is 4.98. The molecule has 0 aliphatic heterocycles. The van der Waals surface area contributed by atoms with Gasteiger partial charge in [-0.05, 0) is 71.6 Å². The number of rotatable bonds is 6. The highest BCUT2D eigenvalue weighted by Crippen LogP contribution is 2.30. The molecular formula is C23H22N2O3. The van der Waals surface area contributed by atoms with Crippen LogP contribution in [-0.2, 0) is 11.3 Å². The van der Waals surface area contributed by atoms with E-state index in [9.17, 15) is 9.59 Å². The van der Waals surface area contributed by atoms with Crippen LogP contribution in [0.5, 0.6) is 5.75 Å². The first-order chi connectivity index (χ1) is 13.6. The van der Waals surface area contributed by atoms with Crippen molar-refractivity contribution in [3.05, 3.63) is 71.8 Å². The number of benzene rings is 3. The summed E-state index contributed by atoms with van der Waals surface area (Å²) in [4.78, 5) is 24.2. The maximum absolute atomic E-state index is 12.4. The SMILES string of the molecule is COc1ccc2cc(CNC(=O)c3ccc(NC(=O)C4CC4)cc3)ccc2c1. The van der Waals surface area contributed by atoms with Gasteiger partial charge < -0.3 is 15.4 Å². The summed E-state index contributed by atoms with van der Waals surface area (Å²) in [6, 6.07) is 19.0. The van der Waals surface area contributed by atoms with Crippen LogP contribution in [0, 0.1) is 5.92 Å². The third-order valence-corrected chi connectivity index (χ3v) is 4.93. The molecule has 5 heteroatoms. The molecule has 0 heterocycles. The van der Waals surface area contributed by atoms with Crippen molar-refractivity contribution < 1.29 is 14.3 Å². The second-order valence-corrected chi connectivity index (χ2v) is 7.07. The molecule has 142 valence electrons. The maximum atomic E-state index is 12.4. The van der Waals surface area contributed by atoms with Gasteiger partial charge in [-0.25, -0.2) is 0 Å². The molecule has 0 spiro atoms. The van der Waals surface area contributed by atoms with Crippen LogP contribution in [0.15, 0.2) is 60.7 Å². The van der Waals surface area contributed by atoms with Gasteiger partial charge in [0.25, 0.3) is 5.91 Å².